The van der Waals surface area contributed by atoms with Gasteiger partial charge in [-0.3, -0.25) is 9.59 Å². The Bertz CT molecular complexity index is 1060. The van der Waals surface area contributed by atoms with E-state index in [1.165, 1.54) is 23.3 Å². The summed E-state index contributed by atoms with van der Waals surface area (Å²) in [5, 5.41) is 4.66. The average molecular weight is 408 g/mol. The van der Waals surface area contributed by atoms with Crippen molar-refractivity contribution in [3.8, 4) is 0 Å². The maximum Gasteiger partial charge on any atom is 0.337 e. The van der Waals surface area contributed by atoms with E-state index in [4.69, 9.17) is 4.74 Å². The van der Waals surface area contributed by atoms with Crippen molar-refractivity contribution in [2.75, 3.05) is 24.4 Å². The third-order valence-corrected chi connectivity index (χ3v) is 5.31. The fourth-order valence-corrected chi connectivity index (χ4v) is 3.52. The largest absolute Gasteiger partial charge is 0.465 e. The molecular weight excluding hydrogens is 388 g/mol. The highest BCUT2D eigenvalue weighted by Crippen LogP contribution is 2.25. The Morgan fingerprint density at radius 1 is 1.03 bits per heavy atom. The van der Waals surface area contributed by atoms with Crippen LogP contribution < -0.4 is 10.2 Å². The van der Waals surface area contributed by atoms with Crippen molar-refractivity contribution in [2.24, 2.45) is 0 Å². The van der Waals surface area contributed by atoms with E-state index < -0.39 is 5.97 Å². The van der Waals surface area contributed by atoms with Crippen LogP contribution >= 0.6 is 11.3 Å². The molecule has 29 heavy (non-hydrogen) atoms. The molecule has 0 aliphatic rings. The lowest BCUT2D eigenvalue weighted by atomic mass is 10.1. The second-order valence-corrected chi connectivity index (χ2v) is 7.28. The van der Waals surface area contributed by atoms with Crippen LogP contribution in [0.3, 0.4) is 0 Å². The smallest absolute Gasteiger partial charge is 0.337 e. The molecule has 2 aromatic carbocycles. The monoisotopic (exact) mass is 408 g/mol. The number of thiophene rings is 1. The van der Waals surface area contributed by atoms with Gasteiger partial charge < -0.3 is 15.0 Å². The summed E-state index contributed by atoms with van der Waals surface area (Å²) in [6.45, 7) is 1.83. The minimum atomic E-state index is -0.484. The van der Waals surface area contributed by atoms with Gasteiger partial charge in [0, 0.05) is 12.7 Å². The number of aryl methyl sites for hydroxylation is 1. The number of methoxy groups -OCH3 is 1. The standard InChI is InChI=1S/C22H20N2O4S/c1-14-10-11-15(22(27)28-3)13-17(14)23-20(25)16-7-4-5-8-18(16)24(2)21(26)19-9-6-12-29-19/h4-13H,1-3H3,(H,23,25). The fourth-order valence-electron chi connectivity index (χ4n) is 2.82. The molecule has 1 heterocycles. The van der Waals surface area contributed by atoms with E-state index in [1.807, 2.05) is 12.3 Å². The summed E-state index contributed by atoms with van der Waals surface area (Å²) in [5.41, 5.74) is 2.48. The molecule has 1 aromatic heterocycles. The molecule has 0 spiro atoms. The van der Waals surface area contributed by atoms with Gasteiger partial charge in [-0.2, -0.15) is 0 Å². The summed E-state index contributed by atoms with van der Waals surface area (Å²) in [5.74, 6) is -1.05. The van der Waals surface area contributed by atoms with Crippen LogP contribution in [0.1, 0.15) is 36.0 Å². The quantitative estimate of drug-likeness (QED) is 0.636. The van der Waals surface area contributed by atoms with Crippen LogP contribution in [-0.4, -0.2) is 31.9 Å². The summed E-state index contributed by atoms with van der Waals surface area (Å²) in [6.07, 6.45) is 0. The fraction of sp³-hybridized carbons (Fsp3) is 0.136. The normalized spacial score (nSPS) is 10.3. The number of rotatable bonds is 5. The molecule has 0 radical (unpaired) electrons. The number of carbonyl (C=O) groups excluding carboxylic acids is 3. The zero-order chi connectivity index (χ0) is 21.0. The van der Waals surface area contributed by atoms with Crippen molar-refractivity contribution in [3.63, 3.8) is 0 Å². The number of benzene rings is 2. The number of anilines is 2. The lowest BCUT2D eigenvalue weighted by molar-refractivity contribution is 0.0600. The number of nitrogens with one attached hydrogen (secondary N) is 1. The molecular formula is C22H20N2O4S. The van der Waals surface area contributed by atoms with E-state index in [2.05, 4.69) is 5.32 Å². The first kappa shape index (κ1) is 20.3. The van der Waals surface area contributed by atoms with Gasteiger partial charge in [0.05, 0.1) is 28.8 Å². The van der Waals surface area contributed by atoms with Crippen molar-refractivity contribution in [2.45, 2.75) is 6.92 Å². The Balaban J connectivity index is 1.89. The number of nitrogens with zero attached hydrogens (tertiary/aromatic N) is 1. The second-order valence-electron chi connectivity index (χ2n) is 6.33. The number of para-hydroxylation sites is 1. The topological polar surface area (TPSA) is 75.7 Å². The molecule has 0 saturated carbocycles. The SMILES string of the molecule is COC(=O)c1ccc(C)c(NC(=O)c2ccccc2N(C)C(=O)c2cccs2)c1. The van der Waals surface area contributed by atoms with Gasteiger partial charge in [0.2, 0.25) is 0 Å². The zero-order valence-corrected chi connectivity index (χ0v) is 17.1. The molecule has 0 fully saturated rings. The van der Waals surface area contributed by atoms with Crippen LogP contribution in [0, 0.1) is 6.92 Å². The van der Waals surface area contributed by atoms with Crippen molar-refractivity contribution >= 4 is 40.5 Å². The first-order valence-corrected chi connectivity index (χ1v) is 9.71. The Morgan fingerprint density at radius 3 is 2.48 bits per heavy atom. The molecule has 2 amide bonds. The Morgan fingerprint density at radius 2 is 1.79 bits per heavy atom. The molecule has 0 bridgehead atoms. The van der Waals surface area contributed by atoms with Gasteiger partial charge in [-0.15, -0.1) is 11.3 Å². The first-order chi connectivity index (χ1) is 13.9. The Kier molecular flexibility index (Phi) is 6.09. The van der Waals surface area contributed by atoms with E-state index >= 15 is 0 Å². The molecule has 3 rings (SSSR count). The first-order valence-electron chi connectivity index (χ1n) is 8.83. The lowest BCUT2D eigenvalue weighted by Gasteiger charge is -2.20. The van der Waals surface area contributed by atoms with Crippen molar-refractivity contribution < 1.29 is 19.1 Å². The predicted octanol–water partition coefficient (Wildman–Crippen LogP) is 4.37. The Labute approximate surface area is 172 Å². The molecule has 0 unspecified atom stereocenters. The number of carbonyl (C=O) groups is 3. The van der Waals surface area contributed by atoms with Gasteiger partial charge in [-0.05, 0) is 48.2 Å². The van der Waals surface area contributed by atoms with Crippen molar-refractivity contribution in [3.05, 3.63) is 81.5 Å². The highest BCUT2D eigenvalue weighted by molar-refractivity contribution is 7.12. The average Bonchev–Trinajstić information content (AvgIpc) is 3.28. The van der Waals surface area contributed by atoms with Gasteiger partial charge >= 0.3 is 5.97 Å². The third kappa shape index (κ3) is 4.35. The maximum atomic E-state index is 13.0. The second kappa shape index (κ2) is 8.70. The summed E-state index contributed by atoms with van der Waals surface area (Å²) in [4.78, 5) is 39.5. The van der Waals surface area contributed by atoms with Crippen LogP contribution in [0.2, 0.25) is 0 Å². The molecule has 0 aliphatic heterocycles. The molecule has 6 nitrogen and oxygen atoms in total. The van der Waals surface area contributed by atoms with Gasteiger partial charge in [-0.1, -0.05) is 24.3 Å². The van der Waals surface area contributed by atoms with Crippen LogP contribution in [0.5, 0.6) is 0 Å². The highest BCUT2D eigenvalue weighted by atomic mass is 32.1. The van der Waals surface area contributed by atoms with Crippen LogP contribution in [0.4, 0.5) is 11.4 Å². The predicted molar refractivity (Wildman–Crippen MR) is 114 cm³/mol. The number of amides is 2. The molecule has 7 heteroatoms. The van der Waals surface area contributed by atoms with E-state index in [-0.39, 0.29) is 11.8 Å². The van der Waals surface area contributed by atoms with Crippen LogP contribution in [0.15, 0.2) is 60.0 Å². The summed E-state index contributed by atoms with van der Waals surface area (Å²) in [6, 6.07) is 15.4. The van der Waals surface area contributed by atoms with E-state index in [9.17, 15) is 14.4 Å². The summed E-state index contributed by atoms with van der Waals surface area (Å²) in [7, 11) is 2.94. The minimum absolute atomic E-state index is 0.191. The van der Waals surface area contributed by atoms with E-state index in [0.717, 1.165) is 5.56 Å². The van der Waals surface area contributed by atoms with Crippen molar-refractivity contribution in [1.82, 2.24) is 0 Å². The molecule has 1 N–H and O–H groups in total. The number of hydrogen-bond donors (Lipinski definition) is 1. The zero-order valence-electron chi connectivity index (χ0n) is 16.3. The van der Waals surface area contributed by atoms with E-state index in [0.29, 0.717) is 27.4 Å². The molecule has 0 atom stereocenters. The van der Waals surface area contributed by atoms with E-state index in [1.54, 1.807) is 61.6 Å². The van der Waals surface area contributed by atoms with Gasteiger partial charge in [0.15, 0.2) is 0 Å². The Hall–Kier alpha value is -3.45. The highest BCUT2D eigenvalue weighted by Gasteiger charge is 2.21. The molecule has 148 valence electrons. The van der Waals surface area contributed by atoms with Gasteiger partial charge in [0.25, 0.3) is 11.8 Å². The molecule has 3 aromatic rings. The number of hydrogen-bond acceptors (Lipinski definition) is 5. The third-order valence-electron chi connectivity index (χ3n) is 4.45. The summed E-state index contributed by atoms with van der Waals surface area (Å²) < 4.78 is 4.74. The number of esters is 1. The van der Waals surface area contributed by atoms with Gasteiger partial charge in [-0.25, -0.2) is 4.79 Å². The van der Waals surface area contributed by atoms with Crippen LogP contribution in [-0.2, 0) is 4.74 Å². The minimum Gasteiger partial charge on any atom is -0.465 e. The maximum absolute atomic E-state index is 13.0. The number of ether oxygens (including phenoxy) is 1. The van der Waals surface area contributed by atoms with Gasteiger partial charge in [0.1, 0.15) is 0 Å². The summed E-state index contributed by atoms with van der Waals surface area (Å²) >= 11 is 1.34. The molecule has 0 saturated heterocycles. The lowest BCUT2D eigenvalue weighted by Crippen LogP contribution is -2.28. The molecule has 0 aliphatic carbocycles. The van der Waals surface area contributed by atoms with Crippen molar-refractivity contribution in [1.29, 1.82) is 0 Å². The van der Waals surface area contributed by atoms with Crippen LogP contribution in [0.25, 0.3) is 0 Å².